The first-order valence-electron chi connectivity index (χ1n) is 5.32. The Hall–Kier alpha value is -1.40. The van der Waals surface area contributed by atoms with Crippen molar-refractivity contribution in [1.29, 1.82) is 0 Å². The van der Waals surface area contributed by atoms with Crippen molar-refractivity contribution in [3.05, 3.63) is 18.2 Å². The van der Waals surface area contributed by atoms with Crippen LogP contribution in [-0.2, 0) is 18.3 Å². The third kappa shape index (κ3) is 3.63. The Labute approximate surface area is 95.0 Å². The number of carbonyl (C=O) groups excluding carboxylic acids is 1. The lowest BCUT2D eigenvalue weighted by molar-refractivity contribution is -0.121. The summed E-state index contributed by atoms with van der Waals surface area (Å²) >= 11 is 0. The molecule has 0 aliphatic rings. The molecule has 0 aliphatic carbocycles. The van der Waals surface area contributed by atoms with Crippen LogP contribution in [0.2, 0.25) is 0 Å². The van der Waals surface area contributed by atoms with Crippen LogP contribution >= 0.6 is 0 Å². The summed E-state index contributed by atoms with van der Waals surface area (Å²) in [7, 11) is 1.91. The molecule has 0 bridgehead atoms. The molecule has 0 aromatic carbocycles. The van der Waals surface area contributed by atoms with Gasteiger partial charge in [0.2, 0.25) is 5.91 Å². The minimum Gasteiger partial charge on any atom is -0.352 e. The highest BCUT2D eigenvalue weighted by Crippen LogP contribution is 2.01. The number of nitrogens with zero attached hydrogens (tertiary/aromatic N) is 2. The maximum atomic E-state index is 11.4. The largest absolute Gasteiger partial charge is 0.352 e. The van der Waals surface area contributed by atoms with Crippen LogP contribution in [0.4, 0.5) is 0 Å². The summed E-state index contributed by atoms with van der Waals surface area (Å²) in [6.07, 6.45) is 4.52. The zero-order valence-corrected chi connectivity index (χ0v) is 9.52. The molecule has 1 amide bonds. The van der Waals surface area contributed by atoms with Crippen LogP contribution in [0.5, 0.6) is 0 Å². The van der Waals surface area contributed by atoms with E-state index < -0.39 is 0 Å². The molecule has 0 saturated carbocycles. The number of aryl methyl sites for hydroxylation is 1. The van der Waals surface area contributed by atoms with Crippen LogP contribution in [0.3, 0.4) is 0 Å². The fourth-order valence-corrected chi connectivity index (χ4v) is 1.46. The van der Waals surface area contributed by atoms with Crippen molar-refractivity contribution in [1.82, 2.24) is 14.9 Å². The molecule has 1 heterocycles. The van der Waals surface area contributed by atoms with E-state index in [1.807, 2.05) is 11.6 Å². The van der Waals surface area contributed by atoms with E-state index in [9.17, 15) is 4.79 Å². The normalized spacial score (nSPS) is 12.4. The first kappa shape index (κ1) is 12.7. The predicted molar refractivity (Wildman–Crippen MR) is 61.6 cm³/mol. The average molecular weight is 225 g/mol. The maximum absolute atomic E-state index is 11.4. The standard InChI is InChI=1S/C10H19N5O/c1-15-7-13-6-9(15)4-8(5-12)14-10(16)2-3-11/h6-8H,2-5,11-12H2,1H3,(H,14,16). The SMILES string of the molecule is Cn1cncc1CC(CN)NC(=O)CCN. The van der Waals surface area contributed by atoms with Crippen LogP contribution < -0.4 is 16.8 Å². The summed E-state index contributed by atoms with van der Waals surface area (Å²) in [4.78, 5) is 15.4. The molecule has 16 heavy (non-hydrogen) atoms. The molecule has 0 fully saturated rings. The highest BCUT2D eigenvalue weighted by molar-refractivity contribution is 5.76. The van der Waals surface area contributed by atoms with E-state index in [2.05, 4.69) is 10.3 Å². The number of imidazole rings is 1. The monoisotopic (exact) mass is 225 g/mol. The second kappa shape index (κ2) is 6.24. The molecule has 1 atom stereocenters. The van der Waals surface area contributed by atoms with E-state index in [4.69, 9.17) is 11.5 Å². The van der Waals surface area contributed by atoms with Crippen molar-refractivity contribution < 1.29 is 4.79 Å². The smallest absolute Gasteiger partial charge is 0.221 e. The third-order valence-corrected chi connectivity index (χ3v) is 2.39. The number of hydrogen-bond acceptors (Lipinski definition) is 4. The molecule has 1 unspecified atom stereocenters. The quantitative estimate of drug-likeness (QED) is 0.563. The Morgan fingerprint density at radius 3 is 2.88 bits per heavy atom. The maximum Gasteiger partial charge on any atom is 0.221 e. The van der Waals surface area contributed by atoms with Crippen LogP contribution in [0.15, 0.2) is 12.5 Å². The summed E-state index contributed by atoms with van der Waals surface area (Å²) in [5, 5.41) is 2.85. The van der Waals surface area contributed by atoms with Gasteiger partial charge in [-0.25, -0.2) is 4.98 Å². The van der Waals surface area contributed by atoms with E-state index in [1.165, 1.54) is 0 Å². The van der Waals surface area contributed by atoms with Crippen molar-refractivity contribution in [3.63, 3.8) is 0 Å². The topological polar surface area (TPSA) is 99.0 Å². The second-order valence-electron chi connectivity index (χ2n) is 3.74. The highest BCUT2D eigenvalue weighted by Gasteiger charge is 2.12. The molecule has 6 heteroatoms. The van der Waals surface area contributed by atoms with Crippen molar-refractivity contribution >= 4 is 5.91 Å². The van der Waals surface area contributed by atoms with Crippen molar-refractivity contribution in [2.24, 2.45) is 18.5 Å². The van der Waals surface area contributed by atoms with Crippen molar-refractivity contribution in [2.75, 3.05) is 13.1 Å². The molecule has 1 aromatic rings. The molecular weight excluding hydrogens is 206 g/mol. The molecule has 6 nitrogen and oxygen atoms in total. The van der Waals surface area contributed by atoms with E-state index >= 15 is 0 Å². The molecule has 90 valence electrons. The van der Waals surface area contributed by atoms with Crippen molar-refractivity contribution in [2.45, 2.75) is 18.9 Å². The number of carbonyl (C=O) groups is 1. The van der Waals surface area contributed by atoms with Gasteiger partial charge in [0.15, 0.2) is 0 Å². The first-order chi connectivity index (χ1) is 7.67. The molecule has 0 aliphatic heterocycles. The summed E-state index contributed by atoms with van der Waals surface area (Å²) < 4.78 is 1.91. The molecule has 0 saturated heterocycles. The molecule has 0 radical (unpaired) electrons. The first-order valence-corrected chi connectivity index (χ1v) is 5.32. The Kier molecular flexibility index (Phi) is 4.94. The minimum atomic E-state index is -0.0607. The van der Waals surface area contributed by atoms with Crippen LogP contribution in [0.1, 0.15) is 12.1 Å². The number of hydrogen-bond donors (Lipinski definition) is 3. The van der Waals surface area contributed by atoms with Gasteiger partial charge >= 0.3 is 0 Å². The molecule has 1 aromatic heterocycles. The van der Waals surface area contributed by atoms with Gasteiger partial charge in [0, 0.05) is 50.9 Å². The Balaban J connectivity index is 2.49. The lowest BCUT2D eigenvalue weighted by atomic mass is 10.1. The minimum absolute atomic E-state index is 0.0554. The van der Waals surface area contributed by atoms with Gasteiger partial charge < -0.3 is 21.4 Å². The summed E-state index contributed by atoms with van der Waals surface area (Å²) in [6, 6.07) is -0.0607. The van der Waals surface area contributed by atoms with E-state index in [-0.39, 0.29) is 11.9 Å². The predicted octanol–water partition coefficient (Wildman–Crippen LogP) is -1.25. The zero-order chi connectivity index (χ0) is 12.0. The molecule has 5 N–H and O–H groups in total. The Bertz CT molecular complexity index is 336. The fourth-order valence-electron chi connectivity index (χ4n) is 1.46. The van der Waals surface area contributed by atoms with Crippen molar-refractivity contribution in [3.8, 4) is 0 Å². The fraction of sp³-hybridized carbons (Fsp3) is 0.600. The molecule has 0 spiro atoms. The highest BCUT2D eigenvalue weighted by atomic mass is 16.1. The number of rotatable bonds is 6. The Morgan fingerprint density at radius 2 is 2.38 bits per heavy atom. The van der Waals surface area contributed by atoms with E-state index in [1.54, 1.807) is 12.5 Å². The van der Waals surface area contributed by atoms with Gasteiger partial charge in [-0.15, -0.1) is 0 Å². The van der Waals surface area contributed by atoms with Gasteiger partial charge in [-0.3, -0.25) is 4.79 Å². The molecule has 1 rings (SSSR count). The number of nitrogens with one attached hydrogen (secondary N) is 1. The number of amides is 1. The van der Waals surface area contributed by atoms with Crippen LogP contribution in [-0.4, -0.2) is 34.6 Å². The summed E-state index contributed by atoms with van der Waals surface area (Å²) in [5.41, 5.74) is 12.0. The number of aromatic nitrogens is 2. The van der Waals surface area contributed by atoms with Crippen LogP contribution in [0, 0.1) is 0 Å². The van der Waals surface area contributed by atoms with Gasteiger partial charge in [-0.05, 0) is 0 Å². The zero-order valence-electron chi connectivity index (χ0n) is 9.52. The van der Waals surface area contributed by atoms with Crippen LogP contribution in [0.25, 0.3) is 0 Å². The van der Waals surface area contributed by atoms with Gasteiger partial charge in [-0.2, -0.15) is 0 Å². The molecular formula is C10H19N5O. The summed E-state index contributed by atoms with van der Waals surface area (Å²) in [5.74, 6) is -0.0554. The van der Waals surface area contributed by atoms with E-state index in [0.717, 1.165) is 5.69 Å². The van der Waals surface area contributed by atoms with Gasteiger partial charge in [-0.1, -0.05) is 0 Å². The van der Waals surface area contributed by atoms with Gasteiger partial charge in [0.25, 0.3) is 0 Å². The van der Waals surface area contributed by atoms with Gasteiger partial charge in [0.05, 0.1) is 6.33 Å². The lowest BCUT2D eigenvalue weighted by Crippen LogP contribution is -2.42. The van der Waals surface area contributed by atoms with Gasteiger partial charge in [0.1, 0.15) is 0 Å². The lowest BCUT2D eigenvalue weighted by Gasteiger charge is -2.16. The average Bonchev–Trinajstić information content (AvgIpc) is 2.64. The second-order valence-corrected chi connectivity index (χ2v) is 3.74. The number of nitrogens with two attached hydrogens (primary N) is 2. The Morgan fingerprint density at radius 1 is 1.62 bits per heavy atom. The summed E-state index contributed by atoms with van der Waals surface area (Å²) in [6.45, 7) is 0.760. The third-order valence-electron chi connectivity index (χ3n) is 2.39. The van der Waals surface area contributed by atoms with E-state index in [0.29, 0.717) is 25.9 Å².